The van der Waals surface area contributed by atoms with Crippen LogP contribution in [0.15, 0.2) is 79.4 Å². The van der Waals surface area contributed by atoms with Crippen molar-refractivity contribution in [1.82, 2.24) is 4.90 Å². The van der Waals surface area contributed by atoms with Gasteiger partial charge in [-0.3, -0.25) is 0 Å². The molecule has 2 nitrogen and oxygen atoms in total. The maximum absolute atomic E-state index is 9.85. The number of aromatic hydroxyl groups is 1. The Labute approximate surface area is 230 Å². The van der Waals surface area contributed by atoms with Gasteiger partial charge in [0.1, 0.15) is 5.75 Å². The van der Waals surface area contributed by atoms with E-state index in [1.165, 1.54) is 23.1 Å². The molecule has 0 spiro atoms. The first-order valence-electron chi connectivity index (χ1n) is 13.8. The second-order valence-electron chi connectivity index (χ2n) is 9.57. The summed E-state index contributed by atoms with van der Waals surface area (Å²) in [6.07, 6.45) is 2.92. The average molecular weight is 506 g/mol. The Morgan fingerprint density at radius 2 is 1.27 bits per heavy atom. The molecule has 3 aromatic rings. The van der Waals surface area contributed by atoms with E-state index in [1.54, 1.807) is 6.08 Å². The van der Waals surface area contributed by atoms with Crippen molar-refractivity contribution in [3.63, 3.8) is 0 Å². The van der Waals surface area contributed by atoms with Gasteiger partial charge in [0.05, 0.1) is 0 Å². The van der Waals surface area contributed by atoms with Gasteiger partial charge in [-0.25, -0.2) is 0 Å². The van der Waals surface area contributed by atoms with Gasteiger partial charge in [-0.15, -0.1) is 0 Å². The molecule has 2 heteroatoms. The highest BCUT2D eigenvalue weighted by Gasteiger charge is 2.18. The van der Waals surface area contributed by atoms with Crippen LogP contribution >= 0.6 is 0 Å². The first kappa shape index (κ1) is 36.3. The summed E-state index contributed by atoms with van der Waals surface area (Å²) in [5.41, 5.74) is 5.68. The predicted octanol–water partition coefficient (Wildman–Crippen LogP) is 10.4. The van der Waals surface area contributed by atoms with E-state index in [0.717, 1.165) is 24.2 Å². The zero-order valence-electron chi connectivity index (χ0n) is 25.7. The maximum atomic E-state index is 9.85. The van der Waals surface area contributed by atoms with Gasteiger partial charge < -0.3 is 10.0 Å². The van der Waals surface area contributed by atoms with Crippen LogP contribution in [0.4, 0.5) is 0 Å². The van der Waals surface area contributed by atoms with Crippen LogP contribution in [0, 0.1) is 6.92 Å². The molecule has 3 rings (SSSR count). The molecule has 0 radical (unpaired) electrons. The van der Waals surface area contributed by atoms with Gasteiger partial charge in [-0.1, -0.05) is 154 Å². The van der Waals surface area contributed by atoms with E-state index < -0.39 is 0 Å². The lowest BCUT2D eigenvalue weighted by Crippen LogP contribution is -2.15. The summed E-state index contributed by atoms with van der Waals surface area (Å²) in [6, 6.07) is 24.7. The Morgan fingerprint density at radius 3 is 1.68 bits per heavy atom. The van der Waals surface area contributed by atoms with E-state index in [2.05, 4.69) is 122 Å². The minimum Gasteiger partial charge on any atom is -0.507 e. The topological polar surface area (TPSA) is 23.5 Å². The number of aryl methyl sites for hydroxylation is 1. The van der Waals surface area contributed by atoms with E-state index in [9.17, 15) is 5.11 Å². The van der Waals surface area contributed by atoms with Crippen LogP contribution in [0.5, 0.6) is 5.75 Å². The molecule has 0 aliphatic heterocycles. The van der Waals surface area contributed by atoms with E-state index in [4.69, 9.17) is 0 Å². The van der Waals surface area contributed by atoms with Gasteiger partial charge in [0.2, 0.25) is 0 Å². The molecule has 0 atom stereocenters. The molecule has 1 N–H and O–H groups in total. The van der Waals surface area contributed by atoms with Gasteiger partial charge in [-0.2, -0.15) is 0 Å². The minimum atomic E-state index is -0.0247. The van der Waals surface area contributed by atoms with Crippen LogP contribution in [0.3, 0.4) is 0 Å². The molecule has 0 aliphatic rings. The minimum absolute atomic E-state index is 0.0247. The van der Waals surface area contributed by atoms with Crippen molar-refractivity contribution in [2.75, 3.05) is 20.1 Å². The number of hydrogen-bond acceptors (Lipinski definition) is 2. The van der Waals surface area contributed by atoms with Crippen molar-refractivity contribution in [3.05, 3.63) is 96.1 Å². The van der Waals surface area contributed by atoms with Gasteiger partial charge >= 0.3 is 0 Å². The summed E-state index contributed by atoms with van der Waals surface area (Å²) in [5.74, 6) is 0.352. The predicted molar refractivity (Wildman–Crippen MR) is 170 cm³/mol. The van der Waals surface area contributed by atoms with Crippen LogP contribution in [-0.2, 0) is 5.41 Å². The van der Waals surface area contributed by atoms with Crippen molar-refractivity contribution >= 4 is 6.08 Å². The van der Waals surface area contributed by atoms with E-state index in [1.807, 2.05) is 38.1 Å². The fourth-order valence-electron chi connectivity index (χ4n) is 3.07. The Bertz CT molecular complexity index is 950. The second kappa shape index (κ2) is 21.3. The number of benzene rings is 3. The molecule has 0 aromatic heterocycles. The normalized spacial score (nSPS) is 9.73. The van der Waals surface area contributed by atoms with E-state index in [0.29, 0.717) is 5.75 Å². The summed E-state index contributed by atoms with van der Waals surface area (Å²) in [7, 11) is 2.11. The Kier molecular flexibility index (Phi) is 20.9. The summed E-state index contributed by atoms with van der Waals surface area (Å²) in [4.78, 5) is 2.25. The number of para-hydroxylation sites is 1. The molecule has 0 amide bonds. The zero-order chi connectivity index (χ0) is 28.9. The molecule has 206 valence electrons. The molecule has 0 fully saturated rings. The lowest BCUT2D eigenvalue weighted by atomic mass is 9.85. The lowest BCUT2D eigenvalue weighted by molar-refractivity contribution is 0.373. The zero-order valence-corrected chi connectivity index (χ0v) is 25.7. The van der Waals surface area contributed by atoms with Crippen molar-refractivity contribution in [1.29, 1.82) is 0 Å². The molecule has 37 heavy (non-hydrogen) atoms. The van der Waals surface area contributed by atoms with Gasteiger partial charge in [0.15, 0.2) is 0 Å². The molecule has 0 saturated heterocycles. The third-order valence-electron chi connectivity index (χ3n) is 5.40. The van der Waals surface area contributed by atoms with Crippen LogP contribution in [0.2, 0.25) is 0 Å². The van der Waals surface area contributed by atoms with Crippen LogP contribution < -0.4 is 0 Å². The van der Waals surface area contributed by atoms with Crippen LogP contribution in [-0.4, -0.2) is 30.1 Å². The fourth-order valence-corrected chi connectivity index (χ4v) is 3.07. The third kappa shape index (κ3) is 15.1. The Hall–Kier alpha value is -2.84. The van der Waals surface area contributed by atoms with Crippen molar-refractivity contribution in [2.24, 2.45) is 0 Å². The Morgan fingerprint density at radius 1 is 0.784 bits per heavy atom. The molecule has 3 aromatic carbocycles. The highest BCUT2D eigenvalue weighted by Crippen LogP contribution is 2.33. The third-order valence-corrected chi connectivity index (χ3v) is 5.40. The summed E-state index contributed by atoms with van der Waals surface area (Å²) >= 11 is 0. The number of hydrogen-bond donors (Lipinski definition) is 1. The van der Waals surface area contributed by atoms with Crippen LogP contribution in [0.25, 0.3) is 17.2 Å². The van der Waals surface area contributed by atoms with Gasteiger partial charge in [-0.05, 0) is 54.7 Å². The Balaban J connectivity index is 0. The highest BCUT2D eigenvalue weighted by molar-refractivity contribution is 5.66. The molecule has 0 heterocycles. The van der Waals surface area contributed by atoms with Crippen molar-refractivity contribution < 1.29 is 5.11 Å². The van der Waals surface area contributed by atoms with Gasteiger partial charge in [0.25, 0.3) is 0 Å². The number of phenols is 1. The second-order valence-corrected chi connectivity index (χ2v) is 9.57. The summed E-state index contributed by atoms with van der Waals surface area (Å²) < 4.78 is 0. The largest absolute Gasteiger partial charge is 0.507 e. The highest BCUT2D eigenvalue weighted by atomic mass is 16.3. The smallest absolute Gasteiger partial charge is 0.126 e. The standard InChI is InChI=1S/C13H12.C12H16O.C5H13N.C3H8.C2H6/c1-11-7-5-6-10-13(11)12-8-3-2-4-9-12;1-5-9-7-6-8-10(11(9)13)12(2,3)4;1-4-6(3)5-2;1-3-2;1-2/h2-10H,1H3;5-8,13H,1H2,2-4H3;4-5H2,1-3H3;3H2,1-2H3;1-2H3. The molecule has 0 unspecified atom stereocenters. The SMILES string of the molecule is C=Cc1cccc(C(C)(C)C)c1O.CC.CCC.CCN(C)CC.Cc1ccccc1-c1ccccc1. The maximum Gasteiger partial charge on any atom is 0.126 e. The molecule has 0 saturated carbocycles. The number of phenolic OH excluding ortho intramolecular Hbond substituents is 1. The molecule has 0 aliphatic carbocycles. The van der Waals surface area contributed by atoms with Gasteiger partial charge in [0, 0.05) is 5.56 Å². The number of rotatable bonds is 4. The fraction of sp³-hybridized carbons (Fsp3) is 0.429. The van der Waals surface area contributed by atoms with Crippen LogP contribution in [0.1, 0.15) is 85.4 Å². The molecular formula is C35H55NO. The monoisotopic (exact) mass is 505 g/mol. The number of nitrogens with zero attached hydrogens (tertiary/aromatic N) is 1. The summed E-state index contributed by atoms with van der Waals surface area (Å²) in [5, 5.41) is 9.85. The molecular weight excluding hydrogens is 450 g/mol. The average Bonchev–Trinajstić information content (AvgIpc) is 2.91. The van der Waals surface area contributed by atoms with E-state index >= 15 is 0 Å². The quantitative estimate of drug-likeness (QED) is 0.381. The lowest BCUT2D eigenvalue weighted by Gasteiger charge is -2.21. The first-order chi connectivity index (χ1) is 17.6. The van der Waals surface area contributed by atoms with E-state index in [-0.39, 0.29) is 5.41 Å². The van der Waals surface area contributed by atoms with Crippen molar-refractivity contribution in [2.45, 2.75) is 81.1 Å². The molecule has 0 bridgehead atoms. The van der Waals surface area contributed by atoms with Crippen molar-refractivity contribution in [3.8, 4) is 16.9 Å². The first-order valence-corrected chi connectivity index (χ1v) is 13.8. The summed E-state index contributed by atoms with van der Waals surface area (Å²) in [6.45, 7) is 26.9.